The maximum Gasteiger partial charge on any atom is 0.293 e. The third kappa shape index (κ3) is 4.23. The zero-order chi connectivity index (χ0) is 19.4. The molecule has 0 fully saturated rings. The Balaban J connectivity index is 1.67. The molecular formula is C17H16N6O3S. The molecule has 0 unspecified atom stereocenters. The van der Waals surface area contributed by atoms with E-state index in [4.69, 9.17) is 5.84 Å². The van der Waals surface area contributed by atoms with Gasteiger partial charge in [-0.05, 0) is 18.6 Å². The zero-order valence-corrected chi connectivity index (χ0v) is 15.1. The van der Waals surface area contributed by atoms with Crippen LogP contribution in [0, 0.1) is 17.0 Å². The minimum absolute atomic E-state index is 0.0187. The summed E-state index contributed by atoms with van der Waals surface area (Å²) in [5.74, 6) is 6.06. The molecule has 0 aliphatic rings. The molecule has 0 atom stereocenters. The molecule has 2 aromatic carbocycles. The number of nitrogen functional groups attached to an aromatic ring is 1. The second-order valence-corrected chi connectivity index (χ2v) is 6.60. The zero-order valence-electron chi connectivity index (χ0n) is 14.3. The minimum atomic E-state index is -0.529. The summed E-state index contributed by atoms with van der Waals surface area (Å²) < 4.78 is 1.31. The molecule has 0 aliphatic carbocycles. The van der Waals surface area contributed by atoms with Crippen molar-refractivity contribution in [1.29, 1.82) is 0 Å². The lowest BCUT2D eigenvalue weighted by Gasteiger charge is -2.07. The number of nitrogens with zero attached hydrogens (tertiary/aromatic N) is 4. The number of anilines is 1. The Morgan fingerprint density at radius 1 is 1.26 bits per heavy atom. The highest BCUT2D eigenvalue weighted by Crippen LogP contribution is 2.26. The first-order valence-electron chi connectivity index (χ1n) is 7.89. The lowest BCUT2D eigenvalue weighted by atomic mass is 10.2. The summed E-state index contributed by atoms with van der Waals surface area (Å²) in [5.41, 5.74) is 1.54. The number of nitro benzene ring substituents is 1. The van der Waals surface area contributed by atoms with Gasteiger partial charge in [0.05, 0.1) is 10.7 Å². The van der Waals surface area contributed by atoms with Crippen LogP contribution in [-0.4, -0.2) is 31.5 Å². The van der Waals surface area contributed by atoms with Gasteiger partial charge in [0.15, 0.2) is 5.82 Å². The Morgan fingerprint density at radius 3 is 2.70 bits per heavy atom. The van der Waals surface area contributed by atoms with Crippen LogP contribution in [0.2, 0.25) is 0 Å². The quantitative estimate of drug-likeness (QED) is 0.289. The standard InChI is InChI=1S/C17H16N6O3S/c1-11-7-8-13(14(9-11)23(25)26)19-15(24)10-27-17-21-20-16(22(17)18)12-5-3-2-4-6-12/h2-9H,10,18H2,1H3,(H,19,24). The Bertz CT molecular complexity index is 990. The average Bonchev–Trinajstić information content (AvgIpc) is 3.02. The van der Waals surface area contributed by atoms with Crippen LogP contribution < -0.4 is 11.2 Å². The number of carbonyl (C=O) groups is 1. The maximum absolute atomic E-state index is 12.2. The third-order valence-electron chi connectivity index (χ3n) is 3.65. The number of rotatable bonds is 6. The van der Waals surface area contributed by atoms with Crippen LogP contribution in [0.15, 0.2) is 53.7 Å². The van der Waals surface area contributed by atoms with Crippen molar-refractivity contribution in [2.24, 2.45) is 0 Å². The Labute approximate surface area is 158 Å². The van der Waals surface area contributed by atoms with E-state index in [0.717, 1.165) is 22.9 Å². The van der Waals surface area contributed by atoms with Gasteiger partial charge in [-0.25, -0.2) is 4.68 Å². The van der Waals surface area contributed by atoms with Crippen molar-refractivity contribution in [1.82, 2.24) is 14.9 Å². The molecule has 0 saturated carbocycles. The predicted octanol–water partition coefficient (Wildman–Crippen LogP) is 2.61. The van der Waals surface area contributed by atoms with Crippen molar-refractivity contribution in [2.45, 2.75) is 12.1 Å². The number of nitrogens with one attached hydrogen (secondary N) is 1. The van der Waals surface area contributed by atoms with Gasteiger partial charge in [-0.1, -0.05) is 48.2 Å². The normalized spacial score (nSPS) is 10.6. The largest absolute Gasteiger partial charge is 0.335 e. The summed E-state index contributed by atoms with van der Waals surface area (Å²) in [6.07, 6.45) is 0. The molecule has 1 amide bonds. The SMILES string of the molecule is Cc1ccc(NC(=O)CSc2nnc(-c3ccccc3)n2N)c([N+](=O)[O-])c1. The number of aryl methyl sites for hydroxylation is 1. The Hall–Kier alpha value is -3.40. The summed E-state index contributed by atoms with van der Waals surface area (Å²) in [5, 5.41) is 22.1. The number of carbonyl (C=O) groups excluding carboxylic acids is 1. The van der Waals surface area contributed by atoms with Gasteiger partial charge in [0.25, 0.3) is 5.69 Å². The molecule has 3 N–H and O–H groups in total. The second kappa shape index (κ2) is 7.87. The van der Waals surface area contributed by atoms with Crippen molar-refractivity contribution in [2.75, 3.05) is 16.9 Å². The molecule has 1 aromatic heterocycles. The van der Waals surface area contributed by atoms with Crippen LogP contribution in [-0.2, 0) is 4.79 Å². The smallest absolute Gasteiger partial charge is 0.293 e. The van der Waals surface area contributed by atoms with Crippen LogP contribution in [0.4, 0.5) is 11.4 Å². The molecule has 3 rings (SSSR count). The van der Waals surface area contributed by atoms with Crippen LogP contribution in [0.25, 0.3) is 11.4 Å². The number of hydrogen-bond donors (Lipinski definition) is 2. The number of hydrogen-bond acceptors (Lipinski definition) is 7. The number of aromatic nitrogens is 3. The van der Waals surface area contributed by atoms with Gasteiger partial charge in [0.2, 0.25) is 11.1 Å². The molecule has 0 saturated heterocycles. The highest BCUT2D eigenvalue weighted by molar-refractivity contribution is 7.99. The number of nitro groups is 1. The summed E-state index contributed by atoms with van der Waals surface area (Å²) in [6.45, 7) is 1.74. The van der Waals surface area contributed by atoms with E-state index in [1.54, 1.807) is 13.0 Å². The fraction of sp³-hybridized carbons (Fsp3) is 0.118. The summed E-state index contributed by atoms with van der Waals surface area (Å²) in [7, 11) is 0. The van der Waals surface area contributed by atoms with E-state index in [2.05, 4.69) is 15.5 Å². The first-order chi connectivity index (χ1) is 13.0. The van der Waals surface area contributed by atoms with Gasteiger partial charge in [0.1, 0.15) is 5.69 Å². The molecule has 0 aliphatic heterocycles. The molecule has 0 spiro atoms. The van der Waals surface area contributed by atoms with Gasteiger partial charge < -0.3 is 11.2 Å². The van der Waals surface area contributed by atoms with Gasteiger partial charge in [-0.2, -0.15) is 0 Å². The minimum Gasteiger partial charge on any atom is -0.335 e. The number of benzene rings is 2. The number of amides is 1. The Morgan fingerprint density at radius 2 is 2.00 bits per heavy atom. The van der Waals surface area contributed by atoms with Crippen molar-refractivity contribution in [3.63, 3.8) is 0 Å². The average molecular weight is 384 g/mol. The second-order valence-electron chi connectivity index (χ2n) is 5.66. The lowest BCUT2D eigenvalue weighted by molar-refractivity contribution is -0.384. The van der Waals surface area contributed by atoms with E-state index in [-0.39, 0.29) is 17.1 Å². The number of thioether (sulfide) groups is 1. The van der Waals surface area contributed by atoms with Crippen LogP contribution in [0.1, 0.15) is 5.56 Å². The fourth-order valence-electron chi connectivity index (χ4n) is 2.37. The summed E-state index contributed by atoms with van der Waals surface area (Å²) in [4.78, 5) is 22.8. The van der Waals surface area contributed by atoms with Crippen molar-refractivity contribution in [3.8, 4) is 11.4 Å². The summed E-state index contributed by atoms with van der Waals surface area (Å²) in [6, 6.07) is 13.9. The Kier molecular flexibility index (Phi) is 5.36. The van der Waals surface area contributed by atoms with Gasteiger partial charge in [-0.3, -0.25) is 14.9 Å². The molecule has 27 heavy (non-hydrogen) atoms. The van der Waals surface area contributed by atoms with Crippen LogP contribution >= 0.6 is 11.8 Å². The maximum atomic E-state index is 12.2. The number of nitrogens with two attached hydrogens (primary N) is 1. The van der Waals surface area contributed by atoms with Crippen LogP contribution in [0.5, 0.6) is 0 Å². The molecule has 138 valence electrons. The molecule has 10 heteroatoms. The fourth-order valence-corrected chi connectivity index (χ4v) is 3.03. The van der Waals surface area contributed by atoms with E-state index in [9.17, 15) is 14.9 Å². The first kappa shape index (κ1) is 18.4. The van der Waals surface area contributed by atoms with E-state index in [1.807, 2.05) is 30.3 Å². The topological polar surface area (TPSA) is 129 Å². The molecule has 1 heterocycles. The van der Waals surface area contributed by atoms with Gasteiger partial charge >= 0.3 is 0 Å². The van der Waals surface area contributed by atoms with Crippen LogP contribution in [0.3, 0.4) is 0 Å². The van der Waals surface area contributed by atoms with E-state index >= 15 is 0 Å². The molecule has 3 aromatic rings. The lowest BCUT2D eigenvalue weighted by Crippen LogP contribution is -2.17. The molecule has 0 radical (unpaired) electrons. The third-order valence-corrected chi connectivity index (χ3v) is 4.60. The molecule has 9 nitrogen and oxygen atoms in total. The van der Waals surface area contributed by atoms with E-state index < -0.39 is 10.8 Å². The van der Waals surface area contributed by atoms with Crippen molar-refractivity contribution >= 4 is 29.0 Å². The van der Waals surface area contributed by atoms with Gasteiger partial charge in [-0.15, -0.1) is 10.2 Å². The highest BCUT2D eigenvalue weighted by atomic mass is 32.2. The van der Waals surface area contributed by atoms with E-state index in [0.29, 0.717) is 11.0 Å². The van der Waals surface area contributed by atoms with Crippen molar-refractivity contribution < 1.29 is 9.72 Å². The van der Waals surface area contributed by atoms with Crippen molar-refractivity contribution in [3.05, 3.63) is 64.2 Å². The molecular weight excluding hydrogens is 368 g/mol. The highest BCUT2D eigenvalue weighted by Gasteiger charge is 2.17. The molecule has 0 bridgehead atoms. The van der Waals surface area contributed by atoms with E-state index in [1.165, 1.54) is 16.8 Å². The summed E-state index contributed by atoms with van der Waals surface area (Å²) >= 11 is 1.09. The first-order valence-corrected chi connectivity index (χ1v) is 8.88. The van der Waals surface area contributed by atoms with Gasteiger partial charge in [0, 0.05) is 11.6 Å². The monoisotopic (exact) mass is 384 g/mol. The predicted molar refractivity (Wildman–Crippen MR) is 103 cm³/mol.